The van der Waals surface area contributed by atoms with Crippen LogP contribution in [0.2, 0.25) is 5.02 Å². The minimum absolute atomic E-state index is 0.380. The number of anilines is 1. The molecule has 1 aromatic heterocycles. The van der Waals surface area contributed by atoms with Crippen LogP contribution in [0.15, 0.2) is 24.3 Å². The van der Waals surface area contributed by atoms with Gasteiger partial charge in [-0.3, -0.25) is 0 Å². The van der Waals surface area contributed by atoms with Gasteiger partial charge in [-0.1, -0.05) is 23.7 Å². The smallest absolute Gasteiger partial charge is 0.205 e. The molecule has 0 N–H and O–H groups in total. The van der Waals surface area contributed by atoms with Gasteiger partial charge >= 0.3 is 0 Å². The number of methoxy groups -OCH3 is 1. The number of nitrogens with zero attached hydrogens (tertiary/aromatic N) is 3. The van der Waals surface area contributed by atoms with Crippen LogP contribution >= 0.6 is 23.1 Å². The molecule has 2 heterocycles. The van der Waals surface area contributed by atoms with Crippen molar-refractivity contribution >= 4 is 28.3 Å². The van der Waals surface area contributed by atoms with Crippen LogP contribution in [0.1, 0.15) is 30.3 Å². The van der Waals surface area contributed by atoms with Crippen LogP contribution in [-0.2, 0) is 11.2 Å². The highest BCUT2D eigenvalue weighted by Crippen LogP contribution is 2.37. The summed E-state index contributed by atoms with van der Waals surface area (Å²) in [6.07, 6.45) is 3.10. The SMILES string of the molecule is COCCc1nsc(N2CCCC2c2ccc(Cl)cc2)n1. The van der Waals surface area contributed by atoms with Crippen molar-refractivity contribution in [2.45, 2.75) is 25.3 Å². The van der Waals surface area contributed by atoms with Gasteiger partial charge < -0.3 is 9.64 Å². The van der Waals surface area contributed by atoms with Gasteiger partial charge in [0.25, 0.3) is 0 Å². The molecule has 1 unspecified atom stereocenters. The molecule has 3 rings (SSSR count). The summed E-state index contributed by atoms with van der Waals surface area (Å²) in [5.74, 6) is 0.874. The van der Waals surface area contributed by atoms with E-state index in [1.165, 1.54) is 23.5 Å². The van der Waals surface area contributed by atoms with Crippen molar-refractivity contribution in [3.05, 3.63) is 40.7 Å². The molecule has 1 fully saturated rings. The lowest BCUT2D eigenvalue weighted by Gasteiger charge is -2.23. The lowest BCUT2D eigenvalue weighted by atomic mass is 10.1. The maximum Gasteiger partial charge on any atom is 0.205 e. The van der Waals surface area contributed by atoms with Gasteiger partial charge in [0, 0.05) is 36.6 Å². The van der Waals surface area contributed by atoms with Crippen molar-refractivity contribution in [1.82, 2.24) is 9.36 Å². The summed E-state index contributed by atoms with van der Waals surface area (Å²) >= 11 is 7.46. The highest BCUT2D eigenvalue weighted by Gasteiger charge is 2.28. The number of hydrogen-bond donors (Lipinski definition) is 0. The van der Waals surface area contributed by atoms with E-state index in [1.54, 1.807) is 7.11 Å². The predicted octanol–water partition coefficient (Wildman–Crippen LogP) is 3.72. The molecular formula is C15H18ClN3OS. The molecule has 1 aromatic carbocycles. The van der Waals surface area contributed by atoms with Crippen molar-refractivity contribution in [2.75, 3.05) is 25.2 Å². The molecule has 1 saturated heterocycles. The van der Waals surface area contributed by atoms with Crippen molar-refractivity contribution in [3.8, 4) is 0 Å². The number of ether oxygens (including phenoxy) is 1. The molecule has 0 spiro atoms. The standard InChI is InChI=1S/C15H18ClN3OS/c1-20-10-8-14-17-15(21-18-14)19-9-2-3-13(19)11-4-6-12(16)7-5-11/h4-7,13H,2-3,8-10H2,1H3. The number of hydrogen-bond acceptors (Lipinski definition) is 5. The van der Waals surface area contributed by atoms with Gasteiger partial charge in [0.2, 0.25) is 5.13 Å². The molecule has 0 bridgehead atoms. The van der Waals surface area contributed by atoms with Gasteiger partial charge in [-0.05, 0) is 30.5 Å². The number of rotatable bonds is 5. The van der Waals surface area contributed by atoms with E-state index in [0.717, 1.165) is 35.4 Å². The maximum absolute atomic E-state index is 5.98. The first-order valence-electron chi connectivity index (χ1n) is 7.11. The molecule has 4 nitrogen and oxygen atoms in total. The summed E-state index contributed by atoms with van der Waals surface area (Å²) in [7, 11) is 1.70. The molecule has 2 aromatic rings. The molecule has 21 heavy (non-hydrogen) atoms. The second-order valence-corrected chi connectivity index (χ2v) is 6.31. The van der Waals surface area contributed by atoms with Crippen LogP contribution in [0.5, 0.6) is 0 Å². The summed E-state index contributed by atoms with van der Waals surface area (Å²) in [6.45, 7) is 1.70. The third-order valence-corrected chi connectivity index (χ3v) is 4.78. The summed E-state index contributed by atoms with van der Waals surface area (Å²) in [6, 6.07) is 8.51. The topological polar surface area (TPSA) is 38.2 Å². The van der Waals surface area contributed by atoms with Gasteiger partial charge in [-0.2, -0.15) is 4.37 Å². The minimum atomic E-state index is 0.380. The monoisotopic (exact) mass is 323 g/mol. The molecule has 112 valence electrons. The Balaban J connectivity index is 1.77. The second kappa shape index (κ2) is 6.73. The molecule has 0 radical (unpaired) electrons. The average Bonchev–Trinajstić information content (AvgIpc) is 3.14. The second-order valence-electron chi connectivity index (χ2n) is 5.14. The first-order chi connectivity index (χ1) is 10.3. The fraction of sp³-hybridized carbons (Fsp3) is 0.467. The van der Waals surface area contributed by atoms with Crippen molar-refractivity contribution in [3.63, 3.8) is 0 Å². The average molecular weight is 324 g/mol. The summed E-state index contributed by atoms with van der Waals surface area (Å²) < 4.78 is 9.51. The van der Waals surface area contributed by atoms with Crippen molar-refractivity contribution in [2.24, 2.45) is 0 Å². The lowest BCUT2D eigenvalue weighted by Crippen LogP contribution is -2.22. The number of aromatic nitrogens is 2. The molecule has 0 saturated carbocycles. The van der Waals surface area contributed by atoms with E-state index < -0.39 is 0 Å². The molecule has 6 heteroatoms. The molecule has 1 aliphatic rings. The predicted molar refractivity (Wildman–Crippen MR) is 86.3 cm³/mol. The Labute approximate surface area is 133 Å². The lowest BCUT2D eigenvalue weighted by molar-refractivity contribution is 0.201. The molecule has 0 aliphatic carbocycles. The third kappa shape index (κ3) is 3.36. The van der Waals surface area contributed by atoms with E-state index in [0.29, 0.717) is 12.6 Å². The third-order valence-electron chi connectivity index (χ3n) is 3.74. The first-order valence-corrected chi connectivity index (χ1v) is 8.26. The Morgan fingerprint density at radius 2 is 2.19 bits per heavy atom. The summed E-state index contributed by atoms with van der Waals surface area (Å²) in [4.78, 5) is 7.01. The van der Waals surface area contributed by atoms with E-state index in [4.69, 9.17) is 16.3 Å². The van der Waals surface area contributed by atoms with Crippen LogP contribution in [0.4, 0.5) is 5.13 Å². The van der Waals surface area contributed by atoms with E-state index in [9.17, 15) is 0 Å². The molecule has 0 amide bonds. The normalized spacial score (nSPS) is 18.4. The Morgan fingerprint density at radius 3 is 2.95 bits per heavy atom. The van der Waals surface area contributed by atoms with Crippen molar-refractivity contribution < 1.29 is 4.74 Å². The minimum Gasteiger partial charge on any atom is -0.384 e. The number of halogens is 1. The Hall–Kier alpha value is -1.17. The molecular weight excluding hydrogens is 306 g/mol. The zero-order valence-electron chi connectivity index (χ0n) is 12.0. The van der Waals surface area contributed by atoms with Crippen molar-refractivity contribution in [1.29, 1.82) is 0 Å². The van der Waals surface area contributed by atoms with E-state index in [2.05, 4.69) is 26.4 Å². The van der Waals surface area contributed by atoms with Gasteiger partial charge in [-0.15, -0.1) is 0 Å². The molecule has 1 aliphatic heterocycles. The van der Waals surface area contributed by atoms with E-state index in [-0.39, 0.29) is 0 Å². The van der Waals surface area contributed by atoms with Crippen LogP contribution in [0, 0.1) is 0 Å². The maximum atomic E-state index is 5.98. The van der Waals surface area contributed by atoms with Crippen LogP contribution in [0.3, 0.4) is 0 Å². The zero-order valence-corrected chi connectivity index (χ0v) is 13.5. The van der Waals surface area contributed by atoms with Crippen LogP contribution in [-0.4, -0.2) is 29.6 Å². The highest BCUT2D eigenvalue weighted by atomic mass is 35.5. The largest absolute Gasteiger partial charge is 0.384 e. The number of benzene rings is 1. The Kier molecular flexibility index (Phi) is 4.73. The Morgan fingerprint density at radius 1 is 1.38 bits per heavy atom. The van der Waals surface area contributed by atoms with Crippen LogP contribution < -0.4 is 4.90 Å². The quantitative estimate of drug-likeness (QED) is 0.840. The summed E-state index contributed by atoms with van der Waals surface area (Å²) in [5.41, 5.74) is 1.30. The first kappa shape index (κ1) is 14.8. The molecule has 1 atom stereocenters. The zero-order chi connectivity index (χ0) is 14.7. The van der Waals surface area contributed by atoms with Crippen LogP contribution in [0.25, 0.3) is 0 Å². The Bertz CT molecular complexity index is 587. The summed E-state index contributed by atoms with van der Waals surface area (Å²) in [5, 5.41) is 1.79. The van der Waals surface area contributed by atoms with E-state index in [1.807, 2.05) is 12.1 Å². The van der Waals surface area contributed by atoms with Gasteiger partial charge in [-0.25, -0.2) is 4.98 Å². The van der Waals surface area contributed by atoms with E-state index >= 15 is 0 Å². The van der Waals surface area contributed by atoms with Gasteiger partial charge in [0.05, 0.1) is 12.6 Å². The fourth-order valence-electron chi connectivity index (χ4n) is 2.68. The fourth-order valence-corrected chi connectivity index (χ4v) is 3.60. The highest BCUT2D eigenvalue weighted by molar-refractivity contribution is 7.09. The van der Waals surface area contributed by atoms with Gasteiger partial charge in [0.15, 0.2) is 0 Å². The van der Waals surface area contributed by atoms with Gasteiger partial charge in [0.1, 0.15) is 5.82 Å².